The second kappa shape index (κ2) is 9.20. The molecule has 3 rings (SSSR count). The van der Waals surface area contributed by atoms with Gasteiger partial charge in [-0.3, -0.25) is 4.99 Å². The number of ether oxygens (including phenoxy) is 1. The van der Waals surface area contributed by atoms with Crippen LogP contribution in [0.3, 0.4) is 0 Å². The molecule has 144 valence electrons. The third-order valence-corrected chi connectivity index (χ3v) is 5.42. The number of benzene rings is 2. The van der Waals surface area contributed by atoms with Gasteiger partial charge in [-0.05, 0) is 42.2 Å². The van der Waals surface area contributed by atoms with Crippen LogP contribution < -0.4 is 10.6 Å². The summed E-state index contributed by atoms with van der Waals surface area (Å²) in [4.78, 5) is 4.31. The summed E-state index contributed by atoms with van der Waals surface area (Å²) in [6.45, 7) is 2.72. The quantitative estimate of drug-likeness (QED) is 0.602. The minimum absolute atomic E-state index is 0.0932. The summed E-state index contributed by atoms with van der Waals surface area (Å²) < 4.78 is 18.6. The average molecular weight is 390 g/mol. The molecule has 2 aromatic rings. The van der Waals surface area contributed by atoms with Gasteiger partial charge in [0.1, 0.15) is 5.82 Å². The molecule has 0 radical (unpaired) electrons. The van der Waals surface area contributed by atoms with Crippen molar-refractivity contribution in [2.75, 3.05) is 26.8 Å². The zero-order chi connectivity index (χ0) is 19.1. The number of hydrogen-bond acceptors (Lipinski definition) is 2. The third kappa shape index (κ3) is 4.99. The molecule has 0 saturated carbocycles. The highest BCUT2D eigenvalue weighted by Crippen LogP contribution is 2.38. The van der Waals surface area contributed by atoms with Crippen molar-refractivity contribution in [2.24, 2.45) is 4.99 Å². The van der Waals surface area contributed by atoms with E-state index in [-0.39, 0.29) is 11.2 Å². The van der Waals surface area contributed by atoms with Gasteiger partial charge in [-0.15, -0.1) is 0 Å². The molecule has 1 fully saturated rings. The van der Waals surface area contributed by atoms with Crippen molar-refractivity contribution in [2.45, 2.75) is 24.8 Å². The van der Waals surface area contributed by atoms with Crippen LogP contribution >= 0.6 is 11.6 Å². The maximum atomic E-state index is 13.0. The molecule has 0 atom stereocenters. The number of nitrogens with zero attached hydrogens (tertiary/aromatic N) is 1. The molecule has 0 aliphatic carbocycles. The summed E-state index contributed by atoms with van der Waals surface area (Å²) in [6, 6.07) is 14.5. The lowest BCUT2D eigenvalue weighted by Crippen LogP contribution is -2.48. The van der Waals surface area contributed by atoms with E-state index in [0.717, 1.165) is 29.0 Å². The Hall–Kier alpha value is -2.11. The molecule has 1 aliphatic rings. The van der Waals surface area contributed by atoms with Gasteiger partial charge in [0.05, 0.1) is 0 Å². The van der Waals surface area contributed by atoms with Crippen molar-refractivity contribution in [3.8, 4) is 0 Å². The second-order valence-electron chi connectivity index (χ2n) is 6.78. The molecule has 0 bridgehead atoms. The van der Waals surface area contributed by atoms with Crippen LogP contribution in [0, 0.1) is 5.82 Å². The molecule has 1 saturated heterocycles. The van der Waals surface area contributed by atoms with Gasteiger partial charge in [-0.25, -0.2) is 4.39 Å². The average Bonchev–Trinajstić information content (AvgIpc) is 2.70. The number of guanidine groups is 1. The Morgan fingerprint density at radius 3 is 2.48 bits per heavy atom. The summed E-state index contributed by atoms with van der Waals surface area (Å²) in [5.74, 6) is 0.472. The molecule has 27 heavy (non-hydrogen) atoms. The molecule has 0 spiro atoms. The van der Waals surface area contributed by atoms with Crippen LogP contribution in [-0.4, -0.2) is 32.8 Å². The predicted molar refractivity (Wildman–Crippen MR) is 108 cm³/mol. The molecule has 2 aromatic carbocycles. The van der Waals surface area contributed by atoms with Gasteiger partial charge >= 0.3 is 0 Å². The van der Waals surface area contributed by atoms with E-state index in [1.54, 1.807) is 19.2 Å². The number of rotatable bonds is 5. The third-order valence-electron chi connectivity index (χ3n) is 5.09. The number of nitrogens with one attached hydrogen (secondary N) is 2. The first-order valence-electron chi connectivity index (χ1n) is 9.15. The summed E-state index contributed by atoms with van der Waals surface area (Å²) in [5, 5.41) is 7.51. The van der Waals surface area contributed by atoms with Crippen molar-refractivity contribution >= 4 is 17.6 Å². The van der Waals surface area contributed by atoms with Gasteiger partial charge in [-0.1, -0.05) is 41.9 Å². The largest absolute Gasteiger partial charge is 0.381 e. The van der Waals surface area contributed by atoms with E-state index in [1.807, 2.05) is 18.2 Å². The Kier molecular flexibility index (Phi) is 6.69. The van der Waals surface area contributed by atoms with E-state index in [2.05, 4.69) is 21.7 Å². The summed E-state index contributed by atoms with van der Waals surface area (Å²) >= 11 is 6.51. The van der Waals surface area contributed by atoms with Gasteiger partial charge in [-0.2, -0.15) is 0 Å². The lowest BCUT2D eigenvalue weighted by Gasteiger charge is -2.38. The van der Waals surface area contributed by atoms with Crippen LogP contribution in [0.5, 0.6) is 0 Å². The van der Waals surface area contributed by atoms with Crippen LogP contribution in [0.25, 0.3) is 0 Å². The topological polar surface area (TPSA) is 45.7 Å². The Morgan fingerprint density at radius 1 is 1.11 bits per heavy atom. The number of aliphatic imine (C=N–C) groups is 1. The lowest BCUT2D eigenvalue weighted by atomic mass is 9.74. The maximum absolute atomic E-state index is 13.0. The molecule has 0 unspecified atom stereocenters. The van der Waals surface area contributed by atoms with E-state index in [9.17, 15) is 4.39 Å². The summed E-state index contributed by atoms with van der Waals surface area (Å²) in [7, 11) is 1.74. The Labute approximate surface area is 164 Å². The Morgan fingerprint density at radius 2 is 1.81 bits per heavy atom. The molecular formula is C21H25ClFN3O. The summed E-state index contributed by atoms with van der Waals surface area (Å²) in [6.07, 6.45) is 1.80. The monoisotopic (exact) mass is 389 g/mol. The van der Waals surface area contributed by atoms with E-state index in [4.69, 9.17) is 16.3 Å². The molecule has 1 heterocycles. The van der Waals surface area contributed by atoms with Gasteiger partial charge < -0.3 is 15.4 Å². The van der Waals surface area contributed by atoms with E-state index in [1.165, 1.54) is 12.1 Å². The molecule has 1 aliphatic heterocycles. The van der Waals surface area contributed by atoms with E-state index >= 15 is 0 Å². The van der Waals surface area contributed by atoms with Crippen LogP contribution in [0.1, 0.15) is 24.0 Å². The maximum Gasteiger partial charge on any atom is 0.191 e. The molecule has 0 aromatic heterocycles. The highest BCUT2D eigenvalue weighted by atomic mass is 35.5. The fraction of sp³-hybridized carbons (Fsp3) is 0.381. The zero-order valence-corrected chi connectivity index (χ0v) is 16.2. The zero-order valence-electron chi connectivity index (χ0n) is 15.5. The number of halogens is 2. The van der Waals surface area contributed by atoms with Crippen LogP contribution in [0.15, 0.2) is 53.5 Å². The predicted octanol–water partition coefficient (Wildman–Crippen LogP) is 3.89. The fourth-order valence-electron chi connectivity index (χ4n) is 3.46. The minimum atomic E-state index is -0.234. The fourth-order valence-corrected chi connectivity index (χ4v) is 3.79. The first kappa shape index (κ1) is 19.6. The molecule has 6 heteroatoms. The van der Waals surface area contributed by atoms with Crippen molar-refractivity contribution in [3.05, 3.63) is 70.5 Å². The molecule has 0 amide bonds. The van der Waals surface area contributed by atoms with Gasteiger partial charge in [0.25, 0.3) is 0 Å². The van der Waals surface area contributed by atoms with E-state index < -0.39 is 0 Å². The van der Waals surface area contributed by atoms with Crippen LogP contribution in [-0.2, 0) is 16.7 Å². The number of hydrogen-bond donors (Lipinski definition) is 2. The van der Waals surface area contributed by atoms with Crippen molar-refractivity contribution in [3.63, 3.8) is 0 Å². The summed E-state index contributed by atoms with van der Waals surface area (Å²) in [5.41, 5.74) is 2.05. The SMILES string of the molecule is CN=C(NCc1ccc(F)cc1)NCC1(c2ccccc2Cl)CCOCC1. The Bertz CT molecular complexity index is 773. The van der Waals surface area contributed by atoms with Gasteiger partial charge in [0, 0.05) is 43.8 Å². The lowest BCUT2D eigenvalue weighted by molar-refractivity contribution is 0.0514. The molecule has 2 N–H and O–H groups in total. The van der Waals surface area contributed by atoms with Crippen molar-refractivity contribution in [1.82, 2.24) is 10.6 Å². The first-order chi connectivity index (χ1) is 13.1. The molecule has 4 nitrogen and oxygen atoms in total. The highest BCUT2D eigenvalue weighted by Gasteiger charge is 2.36. The van der Waals surface area contributed by atoms with Crippen LogP contribution in [0.4, 0.5) is 4.39 Å². The molecular weight excluding hydrogens is 365 g/mol. The smallest absolute Gasteiger partial charge is 0.191 e. The first-order valence-corrected chi connectivity index (χ1v) is 9.52. The minimum Gasteiger partial charge on any atom is -0.381 e. The van der Waals surface area contributed by atoms with Crippen molar-refractivity contribution in [1.29, 1.82) is 0 Å². The van der Waals surface area contributed by atoms with Crippen LogP contribution in [0.2, 0.25) is 5.02 Å². The van der Waals surface area contributed by atoms with Crippen molar-refractivity contribution < 1.29 is 9.13 Å². The van der Waals surface area contributed by atoms with Gasteiger partial charge in [0.15, 0.2) is 5.96 Å². The normalized spacial score (nSPS) is 16.8. The second-order valence-corrected chi connectivity index (χ2v) is 7.19. The van der Waals surface area contributed by atoms with Gasteiger partial charge in [0.2, 0.25) is 0 Å². The standard InChI is InChI=1S/C21H25ClFN3O/c1-24-20(25-14-16-6-8-17(23)9-7-16)26-15-21(10-12-27-13-11-21)18-4-2-3-5-19(18)22/h2-9H,10-15H2,1H3,(H2,24,25,26). The highest BCUT2D eigenvalue weighted by molar-refractivity contribution is 6.31. The van der Waals surface area contributed by atoms with E-state index in [0.29, 0.717) is 32.3 Å². The Balaban J connectivity index is 1.67.